The summed E-state index contributed by atoms with van der Waals surface area (Å²) in [6, 6.07) is 3.64. The quantitative estimate of drug-likeness (QED) is 0.828. The number of rotatable bonds is 3. The van der Waals surface area contributed by atoms with Gasteiger partial charge < -0.3 is 5.32 Å². The van der Waals surface area contributed by atoms with Crippen LogP contribution in [0.15, 0.2) is 12.3 Å². The van der Waals surface area contributed by atoms with E-state index in [1.165, 1.54) is 12.8 Å². The normalized spacial score (nSPS) is 14.9. The summed E-state index contributed by atoms with van der Waals surface area (Å²) in [6.07, 6.45) is 4.16. The second kappa shape index (κ2) is 3.85. The Morgan fingerprint density at radius 1 is 1.64 bits per heavy atom. The molecule has 2 rings (SSSR count). The van der Waals surface area contributed by atoms with Gasteiger partial charge in [-0.15, -0.1) is 0 Å². The molecule has 0 amide bonds. The van der Waals surface area contributed by atoms with E-state index in [4.69, 9.17) is 16.9 Å². The summed E-state index contributed by atoms with van der Waals surface area (Å²) in [5, 5.41) is 12.3. The smallest absolute Gasteiger partial charge is 0.146 e. The number of nitrogens with one attached hydrogen (secondary N) is 1. The first-order valence-electron chi connectivity index (χ1n) is 4.59. The molecule has 14 heavy (non-hydrogen) atoms. The Labute approximate surface area is 87.7 Å². The lowest BCUT2D eigenvalue weighted by Gasteiger charge is -2.06. The molecule has 1 saturated carbocycles. The van der Waals surface area contributed by atoms with Gasteiger partial charge in [0.2, 0.25) is 0 Å². The molecule has 1 fully saturated rings. The van der Waals surface area contributed by atoms with E-state index >= 15 is 0 Å². The van der Waals surface area contributed by atoms with Crippen LogP contribution in [0.5, 0.6) is 0 Å². The molecule has 72 valence electrons. The maximum absolute atomic E-state index is 8.74. The summed E-state index contributed by atoms with van der Waals surface area (Å²) in [5.74, 6) is 1.39. The van der Waals surface area contributed by atoms with Gasteiger partial charge in [0.05, 0.1) is 5.56 Å². The number of anilines is 1. The van der Waals surface area contributed by atoms with Gasteiger partial charge in [-0.3, -0.25) is 0 Å². The van der Waals surface area contributed by atoms with Crippen LogP contribution in [-0.2, 0) is 0 Å². The predicted molar refractivity (Wildman–Crippen MR) is 55.2 cm³/mol. The Morgan fingerprint density at radius 2 is 2.43 bits per heavy atom. The Hall–Kier alpha value is -1.27. The zero-order valence-electron chi connectivity index (χ0n) is 7.63. The van der Waals surface area contributed by atoms with E-state index in [0.29, 0.717) is 16.4 Å². The Balaban J connectivity index is 2.11. The predicted octanol–water partition coefficient (Wildman–Crippen LogP) is 2.43. The summed E-state index contributed by atoms with van der Waals surface area (Å²) in [7, 11) is 0. The molecule has 1 aliphatic rings. The van der Waals surface area contributed by atoms with Crippen LogP contribution in [0.1, 0.15) is 18.4 Å². The summed E-state index contributed by atoms with van der Waals surface area (Å²) in [6.45, 7) is 0.904. The minimum absolute atomic E-state index is 0.427. The SMILES string of the molecule is N#Cc1ccnc(NCC2CC2)c1Cl. The van der Waals surface area contributed by atoms with Crippen LogP contribution in [0, 0.1) is 17.2 Å². The van der Waals surface area contributed by atoms with E-state index in [2.05, 4.69) is 10.3 Å². The first-order valence-corrected chi connectivity index (χ1v) is 4.97. The molecule has 0 unspecified atom stereocenters. The molecule has 0 radical (unpaired) electrons. The van der Waals surface area contributed by atoms with Crippen LogP contribution in [0.4, 0.5) is 5.82 Å². The molecule has 0 atom stereocenters. The minimum atomic E-state index is 0.427. The number of aromatic nitrogens is 1. The van der Waals surface area contributed by atoms with Crippen molar-refractivity contribution in [1.29, 1.82) is 5.26 Å². The van der Waals surface area contributed by atoms with Gasteiger partial charge in [-0.1, -0.05) is 11.6 Å². The van der Waals surface area contributed by atoms with E-state index in [1.807, 2.05) is 6.07 Å². The molecular formula is C10H10ClN3. The average Bonchev–Trinajstić information content (AvgIpc) is 3.00. The van der Waals surface area contributed by atoms with Gasteiger partial charge in [-0.25, -0.2) is 4.98 Å². The molecule has 0 bridgehead atoms. The molecule has 3 nitrogen and oxygen atoms in total. The van der Waals surface area contributed by atoms with Crippen LogP contribution >= 0.6 is 11.6 Å². The zero-order chi connectivity index (χ0) is 9.97. The number of hydrogen-bond donors (Lipinski definition) is 1. The van der Waals surface area contributed by atoms with Crippen molar-refractivity contribution >= 4 is 17.4 Å². The van der Waals surface area contributed by atoms with Crippen molar-refractivity contribution in [1.82, 2.24) is 4.98 Å². The van der Waals surface area contributed by atoms with Crippen molar-refractivity contribution in [2.45, 2.75) is 12.8 Å². The highest BCUT2D eigenvalue weighted by atomic mass is 35.5. The molecule has 0 aliphatic heterocycles. The number of nitrogens with zero attached hydrogens (tertiary/aromatic N) is 2. The number of hydrogen-bond acceptors (Lipinski definition) is 3. The van der Waals surface area contributed by atoms with E-state index in [9.17, 15) is 0 Å². The van der Waals surface area contributed by atoms with Gasteiger partial charge in [-0.05, 0) is 24.8 Å². The highest BCUT2D eigenvalue weighted by molar-refractivity contribution is 6.34. The van der Waals surface area contributed by atoms with E-state index in [0.717, 1.165) is 12.5 Å². The third kappa shape index (κ3) is 1.97. The van der Waals surface area contributed by atoms with Crippen LogP contribution in [0.2, 0.25) is 5.02 Å². The molecular weight excluding hydrogens is 198 g/mol. The van der Waals surface area contributed by atoms with Crippen molar-refractivity contribution in [2.75, 3.05) is 11.9 Å². The van der Waals surface area contributed by atoms with Crippen molar-refractivity contribution in [3.05, 3.63) is 22.8 Å². The molecule has 1 N–H and O–H groups in total. The Morgan fingerprint density at radius 3 is 3.07 bits per heavy atom. The number of halogens is 1. The van der Waals surface area contributed by atoms with Crippen LogP contribution < -0.4 is 5.32 Å². The third-order valence-corrected chi connectivity index (χ3v) is 2.65. The molecule has 0 spiro atoms. The first-order chi connectivity index (χ1) is 6.81. The molecule has 1 aromatic heterocycles. The van der Waals surface area contributed by atoms with Crippen molar-refractivity contribution in [2.24, 2.45) is 5.92 Å². The maximum atomic E-state index is 8.74. The summed E-state index contributed by atoms with van der Waals surface area (Å²) in [4.78, 5) is 4.09. The molecule has 0 saturated heterocycles. The molecule has 1 aromatic rings. The zero-order valence-corrected chi connectivity index (χ0v) is 8.38. The van der Waals surface area contributed by atoms with Gasteiger partial charge >= 0.3 is 0 Å². The minimum Gasteiger partial charge on any atom is -0.369 e. The van der Waals surface area contributed by atoms with Crippen LogP contribution in [0.25, 0.3) is 0 Å². The number of nitriles is 1. The lowest BCUT2D eigenvalue weighted by molar-refractivity contribution is 0.883. The monoisotopic (exact) mass is 207 g/mol. The first kappa shape index (κ1) is 9.29. The molecule has 4 heteroatoms. The Kier molecular flexibility index (Phi) is 2.55. The topological polar surface area (TPSA) is 48.7 Å². The van der Waals surface area contributed by atoms with E-state index in [1.54, 1.807) is 12.3 Å². The van der Waals surface area contributed by atoms with Crippen molar-refractivity contribution in [3.8, 4) is 6.07 Å². The molecule has 1 heterocycles. The fraction of sp³-hybridized carbons (Fsp3) is 0.400. The Bertz CT molecular complexity index is 379. The van der Waals surface area contributed by atoms with Gasteiger partial charge in [0.1, 0.15) is 16.9 Å². The summed E-state index contributed by atoms with van der Waals surface area (Å²) < 4.78 is 0. The standard InChI is InChI=1S/C10H10ClN3/c11-9-8(5-12)3-4-13-10(9)14-6-7-1-2-7/h3-4,7H,1-2,6H2,(H,13,14). The fourth-order valence-corrected chi connectivity index (χ4v) is 1.44. The average molecular weight is 208 g/mol. The second-order valence-corrected chi connectivity index (χ2v) is 3.84. The van der Waals surface area contributed by atoms with Gasteiger partial charge in [-0.2, -0.15) is 5.26 Å². The largest absolute Gasteiger partial charge is 0.369 e. The second-order valence-electron chi connectivity index (χ2n) is 3.46. The van der Waals surface area contributed by atoms with Crippen molar-refractivity contribution < 1.29 is 0 Å². The van der Waals surface area contributed by atoms with Crippen molar-refractivity contribution in [3.63, 3.8) is 0 Å². The van der Waals surface area contributed by atoms with E-state index in [-0.39, 0.29) is 0 Å². The van der Waals surface area contributed by atoms with E-state index < -0.39 is 0 Å². The highest BCUT2D eigenvalue weighted by Gasteiger charge is 2.21. The molecule has 1 aliphatic carbocycles. The maximum Gasteiger partial charge on any atom is 0.146 e. The van der Waals surface area contributed by atoms with Crippen LogP contribution in [0.3, 0.4) is 0 Å². The van der Waals surface area contributed by atoms with Gasteiger partial charge in [0.15, 0.2) is 0 Å². The highest BCUT2D eigenvalue weighted by Crippen LogP contribution is 2.30. The van der Waals surface area contributed by atoms with Gasteiger partial charge in [0, 0.05) is 12.7 Å². The molecule has 0 aromatic carbocycles. The third-order valence-electron chi connectivity index (χ3n) is 2.26. The fourth-order valence-electron chi connectivity index (χ4n) is 1.22. The van der Waals surface area contributed by atoms with Crippen LogP contribution in [-0.4, -0.2) is 11.5 Å². The van der Waals surface area contributed by atoms with Gasteiger partial charge in [0.25, 0.3) is 0 Å². The lowest BCUT2D eigenvalue weighted by atomic mass is 10.3. The number of pyridine rings is 1. The lowest BCUT2D eigenvalue weighted by Crippen LogP contribution is -2.05. The summed E-state index contributed by atoms with van der Waals surface area (Å²) in [5.41, 5.74) is 0.472. The summed E-state index contributed by atoms with van der Waals surface area (Å²) >= 11 is 5.97.